The Labute approximate surface area is 236 Å². The number of carbonyl (C=O) groups is 4. The van der Waals surface area contributed by atoms with E-state index in [0.717, 1.165) is 22.3 Å². The number of nitrogens with zero attached hydrogens (tertiary/aromatic N) is 1. The van der Waals surface area contributed by atoms with Crippen LogP contribution in [0.1, 0.15) is 71.4 Å². The Hall–Kier alpha value is -3.88. The van der Waals surface area contributed by atoms with Crippen molar-refractivity contribution >= 4 is 23.9 Å². The van der Waals surface area contributed by atoms with Crippen LogP contribution < -0.4 is 5.32 Å². The maximum absolute atomic E-state index is 13.0. The summed E-state index contributed by atoms with van der Waals surface area (Å²) < 4.78 is 16.2. The molecule has 0 radical (unpaired) electrons. The Kier molecular flexibility index (Phi) is 9.95. The van der Waals surface area contributed by atoms with Crippen LogP contribution in [-0.4, -0.2) is 66.3 Å². The number of hydrogen-bond donors (Lipinski definition) is 1. The van der Waals surface area contributed by atoms with E-state index in [1.165, 1.54) is 4.90 Å². The van der Waals surface area contributed by atoms with Gasteiger partial charge in [0, 0.05) is 19.0 Å². The molecule has 2 amide bonds. The van der Waals surface area contributed by atoms with E-state index >= 15 is 0 Å². The summed E-state index contributed by atoms with van der Waals surface area (Å²) >= 11 is 0. The Morgan fingerprint density at radius 2 is 1.20 bits per heavy atom. The summed E-state index contributed by atoms with van der Waals surface area (Å²) in [4.78, 5) is 51.3. The molecule has 9 nitrogen and oxygen atoms in total. The van der Waals surface area contributed by atoms with Crippen LogP contribution in [0, 0.1) is 0 Å². The zero-order valence-electron chi connectivity index (χ0n) is 24.2. The highest BCUT2D eigenvalue weighted by Crippen LogP contribution is 2.44. The highest BCUT2D eigenvalue weighted by Gasteiger charge is 2.29. The number of carbonyl (C=O) groups excluding carboxylic acids is 4. The zero-order valence-corrected chi connectivity index (χ0v) is 24.2. The van der Waals surface area contributed by atoms with Crippen molar-refractivity contribution in [3.05, 3.63) is 59.7 Å². The van der Waals surface area contributed by atoms with E-state index in [1.54, 1.807) is 41.5 Å². The monoisotopic (exact) mass is 552 g/mol. The van der Waals surface area contributed by atoms with Crippen molar-refractivity contribution in [3.8, 4) is 11.1 Å². The quantitative estimate of drug-likeness (QED) is 0.332. The molecule has 0 spiro atoms. The van der Waals surface area contributed by atoms with Gasteiger partial charge in [0.1, 0.15) is 24.4 Å². The summed E-state index contributed by atoms with van der Waals surface area (Å²) in [6, 6.07) is 16.0. The molecule has 9 heteroatoms. The summed E-state index contributed by atoms with van der Waals surface area (Å²) in [5.41, 5.74) is 3.09. The van der Waals surface area contributed by atoms with Crippen molar-refractivity contribution in [3.63, 3.8) is 0 Å². The van der Waals surface area contributed by atoms with Gasteiger partial charge in [-0.3, -0.25) is 14.4 Å². The molecule has 0 atom stereocenters. The zero-order chi connectivity index (χ0) is 29.5. The third-order valence-corrected chi connectivity index (χ3v) is 6.09. The molecule has 1 aliphatic carbocycles. The Balaban J connectivity index is 1.56. The SMILES string of the molecule is CC(C)(C)OC(=O)CCN(CCC(=O)OC(C)(C)C)C(=O)CNC(=O)OCC1c2ccccc2-c2ccccc21. The van der Waals surface area contributed by atoms with Crippen molar-refractivity contribution < 1.29 is 33.4 Å². The average Bonchev–Trinajstić information content (AvgIpc) is 3.17. The minimum atomic E-state index is -0.727. The Morgan fingerprint density at radius 3 is 1.65 bits per heavy atom. The van der Waals surface area contributed by atoms with Gasteiger partial charge in [0.2, 0.25) is 5.91 Å². The molecule has 1 aliphatic rings. The lowest BCUT2D eigenvalue weighted by atomic mass is 9.98. The first kappa shape index (κ1) is 30.7. The summed E-state index contributed by atoms with van der Waals surface area (Å²) in [5, 5.41) is 2.50. The van der Waals surface area contributed by atoms with E-state index in [9.17, 15) is 19.2 Å². The molecule has 0 aromatic heterocycles. The second-order valence-electron chi connectivity index (χ2n) is 11.7. The summed E-state index contributed by atoms with van der Waals surface area (Å²) in [5.74, 6) is -1.49. The standard InChI is InChI=1S/C31H40N2O7/c1-30(2,3)39-27(35)15-17-33(18-16-28(36)40-31(4,5)6)26(34)19-32-29(37)38-20-25-23-13-9-7-11-21(23)22-12-8-10-14-24(22)25/h7-14,25H,15-20H2,1-6H3,(H,32,37). The van der Waals surface area contributed by atoms with E-state index in [4.69, 9.17) is 14.2 Å². The summed E-state index contributed by atoms with van der Waals surface area (Å²) in [6.07, 6.45) is -0.834. The molecule has 40 heavy (non-hydrogen) atoms. The third-order valence-electron chi connectivity index (χ3n) is 6.09. The summed E-state index contributed by atoms with van der Waals surface area (Å²) in [6.45, 7) is 10.4. The molecule has 3 rings (SSSR count). The number of fused-ring (bicyclic) bond motifs is 3. The minimum Gasteiger partial charge on any atom is -0.460 e. The maximum atomic E-state index is 13.0. The van der Waals surface area contributed by atoms with E-state index in [0.29, 0.717) is 0 Å². The van der Waals surface area contributed by atoms with Crippen LogP contribution in [0.3, 0.4) is 0 Å². The van der Waals surface area contributed by atoms with Gasteiger partial charge in [-0.15, -0.1) is 0 Å². The summed E-state index contributed by atoms with van der Waals surface area (Å²) in [7, 11) is 0. The normalized spacial score (nSPS) is 12.7. The van der Waals surface area contributed by atoms with Crippen LogP contribution in [0.15, 0.2) is 48.5 Å². The van der Waals surface area contributed by atoms with Crippen LogP contribution in [-0.2, 0) is 28.6 Å². The predicted octanol–water partition coefficient (Wildman–Crippen LogP) is 4.82. The maximum Gasteiger partial charge on any atom is 0.407 e. The van der Waals surface area contributed by atoms with Crippen molar-refractivity contribution in [2.75, 3.05) is 26.2 Å². The van der Waals surface area contributed by atoms with Gasteiger partial charge in [0.05, 0.1) is 12.8 Å². The molecule has 1 N–H and O–H groups in total. The molecule has 0 unspecified atom stereocenters. The number of alkyl carbamates (subject to hydrolysis) is 1. The number of rotatable bonds is 10. The number of ether oxygens (including phenoxy) is 3. The number of nitrogens with one attached hydrogen (secondary N) is 1. The van der Waals surface area contributed by atoms with Gasteiger partial charge in [-0.2, -0.15) is 0 Å². The lowest BCUT2D eigenvalue weighted by molar-refractivity contribution is -0.155. The molecular formula is C31H40N2O7. The fraction of sp³-hybridized carbons (Fsp3) is 0.484. The smallest absolute Gasteiger partial charge is 0.407 e. The van der Waals surface area contributed by atoms with E-state index in [2.05, 4.69) is 17.4 Å². The number of benzene rings is 2. The van der Waals surface area contributed by atoms with Gasteiger partial charge < -0.3 is 24.4 Å². The molecule has 216 valence electrons. The number of amides is 2. The van der Waals surface area contributed by atoms with E-state index < -0.39 is 35.1 Å². The number of hydrogen-bond acceptors (Lipinski definition) is 7. The van der Waals surface area contributed by atoms with Gasteiger partial charge in [-0.05, 0) is 63.8 Å². The first-order valence-corrected chi connectivity index (χ1v) is 13.5. The second kappa shape index (κ2) is 13.0. The first-order valence-electron chi connectivity index (χ1n) is 13.5. The van der Waals surface area contributed by atoms with Crippen molar-refractivity contribution in [2.24, 2.45) is 0 Å². The van der Waals surface area contributed by atoms with Crippen LogP contribution in [0.25, 0.3) is 11.1 Å². The van der Waals surface area contributed by atoms with Gasteiger partial charge in [-0.1, -0.05) is 48.5 Å². The van der Waals surface area contributed by atoms with Crippen LogP contribution in [0.5, 0.6) is 0 Å². The van der Waals surface area contributed by atoms with Gasteiger partial charge >= 0.3 is 18.0 Å². The highest BCUT2D eigenvalue weighted by atomic mass is 16.6. The average molecular weight is 553 g/mol. The van der Waals surface area contributed by atoms with Gasteiger partial charge in [0.25, 0.3) is 0 Å². The van der Waals surface area contributed by atoms with Crippen molar-refractivity contribution in [2.45, 2.75) is 71.5 Å². The minimum absolute atomic E-state index is 0.0307. The van der Waals surface area contributed by atoms with Crippen LogP contribution in [0.2, 0.25) is 0 Å². The molecule has 0 fully saturated rings. The highest BCUT2D eigenvalue weighted by molar-refractivity contribution is 5.83. The van der Waals surface area contributed by atoms with Gasteiger partial charge in [0.15, 0.2) is 0 Å². The topological polar surface area (TPSA) is 111 Å². The van der Waals surface area contributed by atoms with E-state index in [-0.39, 0.29) is 45.0 Å². The predicted molar refractivity (Wildman–Crippen MR) is 151 cm³/mol. The molecule has 0 aliphatic heterocycles. The molecule has 2 aromatic carbocycles. The lowest BCUT2D eigenvalue weighted by Crippen LogP contribution is -2.43. The molecule has 0 heterocycles. The third kappa shape index (κ3) is 9.10. The number of esters is 2. The fourth-order valence-corrected chi connectivity index (χ4v) is 4.51. The molecule has 0 saturated carbocycles. The van der Waals surface area contributed by atoms with Crippen molar-refractivity contribution in [1.29, 1.82) is 0 Å². The van der Waals surface area contributed by atoms with E-state index in [1.807, 2.05) is 36.4 Å². The molecule has 0 saturated heterocycles. The van der Waals surface area contributed by atoms with Crippen LogP contribution >= 0.6 is 0 Å². The Bertz CT molecular complexity index is 1150. The largest absolute Gasteiger partial charge is 0.460 e. The van der Waals surface area contributed by atoms with Crippen LogP contribution in [0.4, 0.5) is 4.79 Å². The molecular weight excluding hydrogens is 512 g/mol. The lowest BCUT2D eigenvalue weighted by Gasteiger charge is -2.25. The Morgan fingerprint density at radius 1 is 0.750 bits per heavy atom. The van der Waals surface area contributed by atoms with Crippen molar-refractivity contribution in [1.82, 2.24) is 10.2 Å². The first-order chi connectivity index (χ1) is 18.7. The second-order valence-corrected chi connectivity index (χ2v) is 11.7. The molecule has 0 bridgehead atoms. The van der Waals surface area contributed by atoms with Gasteiger partial charge in [-0.25, -0.2) is 4.79 Å². The molecule has 2 aromatic rings. The fourth-order valence-electron chi connectivity index (χ4n) is 4.51.